The van der Waals surface area contributed by atoms with E-state index in [1.165, 1.54) is 19.2 Å². The summed E-state index contributed by atoms with van der Waals surface area (Å²) >= 11 is 6.11. The number of ether oxygens (including phenoxy) is 1. The maximum atomic E-state index is 12.5. The zero-order chi connectivity index (χ0) is 19.3. The molecule has 3 amide bonds. The minimum Gasteiger partial charge on any atom is -0.465 e. The van der Waals surface area contributed by atoms with E-state index in [0.717, 1.165) is 0 Å². The van der Waals surface area contributed by atoms with E-state index in [1.807, 2.05) is 13.8 Å². The number of esters is 1. The number of benzene rings is 1. The van der Waals surface area contributed by atoms with E-state index in [1.54, 1.807) is 11.0 Å². The van der Waals surface area contributed by atoms with E-state index in [-0.39, 0.29) is 23.9 Å². The van der Waals surface area contributed by atoms with Crippen LogP contribution < -0.4 is 10.6 Å². The van der Waals surface area contributed by atoms with Gasteiger partial charge < -0.3 is 20.3 Å². The number of amides is 3. The molecule has 0 spiro atoms. The number of piperidine rings is 1. The van der Waals surface area contributed by atoms with Gasteiger partial charge in [-0.2, -0.15) is 0 Å². The fourth-order valence-corrected chi connectivity index (χ4v) is 2.95. The second-order valence-electron chi connectivity index (χ2n) is 6.54. The molecule has 26 heavy (non-hydrogen) atoms. The second kappa shape index (κ2) is 8.89. The fourth-order valence-electron chi connectivity index (χ4n) is 2.78. The Balaban J connectivity index is 1.95. The van der Waals surface area contributed by atoms with Gasteiger partial charge in [0.15, 0.2) is 0 Å². The number of hydrogen-bond acceptors (Lipinski definition) is 4. The van der Waals surface area contributed by atoms with E-state index in [0.29, 0.717) is 42.2 Å². The van der Waals surface area contributed by atoms with Crippen molar-refractivity contribution in [2.24, 2.45) is 5.92 Å². The monoisotopic (exact) mass is 381 g/mol. The largest absolute Gasteiger partial charge is 0.465 e. The summed E-state index contributed by atoms with van der Waals surface area (Å²) in [7, 11) is 1.29. The normalized spacial score (nSPS) is 14.9. The Morgan fingerprint density at radius 3 is 2.46 bits per heavy atom. The second-order valence-corrected chi connectivity index (χ2v) is 6.95. The first-order valence-electron chi connectivity index (χ1n) is 8.56. The highest BCUT2D eigenvalue weighted by atomic mass is 35.5. The maximum Gasteiger partial charge on any atom is 0.337 e. The predicted octanol–water partition coefficient (Wildman–Crippen LogP) is 2.90. The Hall–Kier alpha value is -2.28. The average molecular weight is 382 g/mol. The third-order valence-electron chi connectivity index (χ3n) is 4.21. The third kappa shape index (κ3) is 5.11. The lowest BCUT2D eigenvalue weighted by Crippen LogP contribution is -2.47. The number of likely N-dealkylation sites (tertiary alicyclic amines) is 1. The van der Waals surface area contributed by atoms with Gasteiger partial charge in [-0.3, -0.25) is 4.79 Å². The molecule has 2 N–H and O–H groups in total. The molecule has 0 unspecified atom stereocenters. The zero-order valence-corrected chi connectivity index (χ0v) is 15.9. The highest BCUT2D eigenvalue weighted by Crippen LogP contribution is 2.26. The molecule has 0 aliphatic carbocycles. The lowest BCUT2D eigenvalue weighted by atomic mass is 9.96. The van der Waals surface area contributed by atoms with Gasteiger partial charge in [-0.15, -0.1) is 0 Å². The topological polar surface area (TPSA) is 87.7 Å². The molecule has 0 atom stereocenters. The molecular weight excluding hydrogens is 358 g/mol. The van der Waals surface area contributed by atoms with Crippen LogP contribution in [0.15, 0.2) is 18.2 Å². The first kappa shape index (κ1) is 20.0. The van der Waals surface area contributed by atoms with Gasteiger partial charge in [-0.1, -0.05) is 11.6 Å². The van der Waals surface area contributed by atoms with Gasteiger partial charge in [0.2, 0.25) is 5.91 Å². The first-order chi connectivity index (χ1) is 12.3. The molecule has 0 radical (unpaired) electrons. The van der Waals surface area contributed by atoms with Crippen molar-refractivity contribution in [2.75, 3.05) is 25.5 Å². The number of carbonyl (C=O) groups is 3. The van der Waals surface area contributed by atoms with Gasteiger partial charge in [-0.25, -0.2) is 9.59 Å². The Morgan fingerprint density at radius 1 is 1.23 bits per heavy atom. The summed E-state index contributed by atoms with van der Waals surface area (Å²) in [5.74, 6) is -0.879. The molecule has 142 valence electrons. The molecule has 1 aliphatic rings. The molecule has 1 aromatic carbocycles. The summed E-state index contributed by atoms with van der Waals surface area (Å²) in [6, 6.07) is 4.55. The molecule has 1 fully saturated rings. The van der Waals surface area contributed by atoms with Gasteiger partial charge >= 0.3 is 12.0 Å². The number of halogens is 1. The van der Waals surface area contributed by atoms with Crippen LogP contribution in [0.25, 0.3) is 0 Å². The smallest absolute Gasteiger partial charge is 0.337 e. The van der Waals surface area contributed by atoms with Crippen molar-refractivity contribution in [3.63, 3.8) is 0 Å². The molecule has 2 rings (SSSR count). The van der Waals surface area contributed by atoms with Crippen molar-refractivity contribution in [3.05, 3.63) is 28.8 Å². The van der Waals surface area contributed by atoms with Crippen LogP contribution in [-0.2, 0) is 9.53 Å². The average Bonchev–Trinajstić information content (AvgIpc) is 2.62. The van der Waals surface area contributed by atoms with Gasteiger partial charge in [-0.05, 0) is 44.9 Å². The lowest BCUT2D eigenvalue weighted by Gasteiger charge is -2.32. The number of nitrogens with zero attached hydrogens (tertiary/aromatic N) is 1. The van der Waals surface area contributed by atoms with Crippen molar-refractivity contribution in [2.45, 2.75) is 32.7 Å². The number of anilines is 1. The van der Waals surface area contributed by atoms with Crippen molar-refractivity contribution < 1.29 is 19.1 Å². The summed E-state index contributed by atoms with van der Waals surface area (Å²) < 4.78 is 4.68. The van der Waals surface area contributed by atoms with E-state index in [9.17, 15) is 14.4 Å². The molecular formula is C18H24ClN3O4. The number of methoxy groups -OCH3 is 1. The molecule has 1 aliphatic heterocycles. The Kier molecular flexibility index (Phi) is 6.85. The van der Waals surface area contributed by atoms with Crippen LogP contribution in [0.2, 0.25) is 5.02 Å². The highest BCUT2D eigenvalue weighted by molar-refractivity contribution is 6.33. The van der Waals surface area contributed by atoms with Crippen LogP contribution in [0.5, 0.6) is 0 Å². The number of rotatable bonds is 4. The number of nitrogens with one attached hydrogen (secondary N) is 2. The van der Waals surface area contributed by atoms with E-state index >= 15 is 0 Å². The Morgan fingerprint density at radius 2 is 1.88 bits per heavy atom. The lowest BCUT2D eigenvalue weighted by molar-refractivity contribution is -0.121. The maximum absolute atomic E-state index is 12.5. The zero-order valence-electron chi connectivity index (χ0n) is 15.2. The summed E-state index contributed by atoms with van der Waals surface area (Å²) in [6.45, 7) is 4.85. The Labute approximate surface area is 158 Å². The van der Waals surface area contributed by atoms with Gasteiger partial charge in [0, 0.05) is 25.0 Å². The Bertz CT molecular complexity index is 685. The quantitative estimate of drug-likeness (QED) is 0.785. The molecule has 0 aromatic heterocycles. The van der Waals surface area contributed by atoms with Gasteiger partial charge in [0.25, 0.3) is 0 Å². The highest BCUT2D eigenvalue weighted by Gasteiger charge is 2.28. The molecule has 1 saturated heterocycles. The van der Waals surface area contributed by atoms with Crippen LogP contribution >= 0.6 is 11.6 Å². The molecule has 0 bridgehead atoms. The van der Waals surface area contributed by atoms with Gasteiger partial charge in [0.05, 0.1) is 23.4 Å². The predicted molar refractivity (Wildman–Crippen MR) is 99.4 cm³/mol. The minimum absolute atomic E-state index is 0.0766. The van der Waals surface area contributed by atoms with Crippen molar-refractivity contribution >= 4 is 35.2 Å². The van der Waals surface area contributed by atoms with Crippen LogP contribution in [-0.4, -0.2) is 49.0 Å². The van der Waals surface area contributed by atoms with Gasteiger partial charge in [0.1, 0.15) is 0 Å². The van der Waals surface area contributed by atoms with Crippen LogP contribution in [0.4, 0.5) is 10.5 Å². The molecule has 1 aromatic rings. The van der Waals surface area contributed by atoms with Crippen LogP contribution in [0.3, 0.4) is 0 Å². The minimum atomic E-state index is -0.498. The molecule has 1 heterocycles. The number of hydrogen-bond donors (Lipinski definition) is 2. The number of carbonyl (C=O) groups excluding carboxylic acids is 3. The summed E-state index contributed by atoms with van der Waals surface area (Å²) in [5, 5.41) is 5.98. The summed E-state index contributed by atoms with van der Waals surface area (Å²) in [5.41, 5.74) is 0.687. The summed E-state index contributed by atoms with van der Waals surface area (Å²) in [6.07, 6.45) is 1.15. The van der Waals surface area contributed by atoms with Crippen LogP contribution in [0.1, 0.15) is 37.0 Å². The van der Waals surface area contributed by atoms with Crippen LogP contribution in [0, 0.1) is 5.92 Å². The third-order valence-corrected chi connectivity index (χ3v) is 4.54. The molecule has 8 heteroatoms. The fraction of sp³-hybridized carbons (Fsp3) is 0.500. The SMILES string of the molecule is COC(=O)c1ccc(Cl)c(NC(=O)C2CCN(C(=O)NC(C)C)CC2)c1. The molecule has 0 saturated carbocycles. The van der Waals surface area contributed by atoms with Crippen molar-refractivity contribution in [3.8, 4) is 0 Å². The first-order valence-corrected chi connectivity index (χ1v) is 8.93. The van der Waals surface area contributed by atoms with E-state index in [2.05, 4.69) is 15.4 Å². The van der Waals surface area contributed by atoms with E-state index < -0.39 is 5.97 Å². The molecule has 7 nitrogen and oxygen atoms in total. The van der Waals surface area contributed by atoms with E-state index in [4.69, 9.17) is 11.6 Å². The summed E-state index contributed by atoms with van der Waals surface area (Å²) in [4.78, 5) is 37.9. The van der Waals surface area contributed by atoms with Crippen molar-refractivity contribution in [1.29, 1.82) is 0 Å². The van der Waals surface area contributed by atoms with Crippen molar-refractivity contribution in [1.82, 2.24) is 10.2 Å². The standard InChI is InChI=1S/C18H24ClN3O4/c1-11(2)20-18(25)22-8-6-12(7-9-22)16(23)21-15-10-13(17(24)26-3)4-5-14(15)19/h4-5,10-12H,6-9H2,1-3H3,(H,20,25)(H,21,23). The number of urea groups is 1.